The van der Waals surface area contributed by atoms with Crippen LogP contribution in [-0.4, -0.2) is 34.3 Å². The molecule has 2 fully saturated rings. The SMILES string of the molecule is CNc1cc(NCC2(O)CCCCCC2)nc(C2CC2)n1. The lowest BCUT2D eigenvalue weighted by atomic mass is 9.94. The highest BCUT2D eigenvalue weighted by atomic mass is 16.3. The van der Waals surface area contributed by atoms with Crippen LogP contribution in [0.5, 0.6) is 0 Å². The van der Waals surface area contributed by atoms with E-state index >= 15 is 0 Å². The molecule has 0 amide bonds. The lowest BCUT2D eigenvalue weighted by Crippen LogP contribution is -2.36. The third-order valence-corrected chi connectivity index (χ3v) is 4.57. The van der Waals surface area contributed by atoms with E-state index in [1.807, 2.05) is 13.1 Å². The number of anilines is 2. The molecular weight excluding hydrogens is 264 g/mol. The van der Waals surface area contributed by atoms with E-state index in [0.717, 1.165) is 43.1 Å². The van der Waals surface area contributed by atoms with Crippen molar-refractivity contribution in [2.45, 2.75) is 62.9 Å². The van der Waals surface area contributed by atoms with E-state index in [1.165, 1.54) is 25.7 Å². The van der Waals surface area contributed by atoms with Gasteiger partial charge in [0, 0.05) is 25.6 Å². The Balaban J connectivity index is 1.67. The number of nitrogens with zero attached hydrogens (tertiary/aromatic N) is 2. The van der Waals surface area contributed by atoms with Crippen LogP contribution in [0.2, 0.25) is 0 Å². The first kappa shape index (κ1) is 14.6. The molecule has 0 aliphatic heterocycles. The van der Waals surface area contributed by atoms with Gasteiger partial charge < -0.3 is 15.7 Å². The van der Waals surface area contributed by atoms with Gasteiger partial charge in [-0.15, -0.1) is 0 Å². The zero-order valence-corrected chi connectivity index (χ0v) is 12.9. The molecular formula is C16H26N4O. The van der Waals surface area contributed by atoms with Crippen molar-refractivity contribution in [3.8, 4) is 0 Å². The standard InChI is InChI=1S/C16H26N4O/c1-17-13-10-14(20-15(19-13)12-6-7-12)18-11-16(21)8-4-2-3-5-9-16/h10,12,21H,2-9,11H2,1H3,(H2,17,18,19,20). The predicted molar refractivity (Wildman–Crippen MR) is 84.7 cm³/mol. The molecule has 2 aliphatic carbocycles. The minimum atomic E-state index is -0.582. The maximum absolute atomic E-state index is 10.7. The second kappa shape index (κ2) is 6.18. The summed E-state index contributed by atoms with van der Waals surface area (Å²) >= 11 is 0. The molecule has 3 rings (SSSR count). The molecule has 116 valence electrons. The van der Waals surface area contributed by atoms with Crippen LogP contribution in [0.1, 0.15) is 63.1 Å². The third kappa shape index (κ3) is 3.84. The van der Waals surface area contributed by atoms with E-state index in [4.69, 9.17) is 0 Å². The van der Waals surface area contributed by atoms with Gasteiger partial charge in [-0.05, 0) is 25.7 Å². The summed E-state index contributed by atoms with van der Waals surface area (Å²) in [5, 5.41) is 17.1. The summed E-state index contributed by atoms with van der Waals surface area (Å²) in [7, 11) is 1.88. The summed E-state index contributed by atoms with van der Waals surface area (Å²) in [6, 6.07) is 1.92. The molecule has 2 aliphatic rings. The summed E-state index contributed by atoms with van der Waals surface area (Å²) in [4.78, 5) is 9.13. The Kier molecular flexibility index (Phi) is 4.29. The highest BCUT2D eigenvalue weighted by Crippen LogP contribution is 2.39. The second-order valence-corrected chi connectivity index (χ2v) is 6.51. The van der Waals surface area contributed by atoms with Gasteiger partial charge in [-0.3, -0.25) is 0 Å². The first-order valence-corrected chi connectivity index (χ1v) is 8.21. The molecule has 0 unspecified atom stereocenters. The van der Waals surface area contributed by atoms with Crippen molar-refractivity contribution in [1.29, 1.82) is 0 Å². The van der Waals surface area contributed by atoms with Crippen LogP contribution in [-0.2, 0) is 0 Å². The van der Waals surface area contributed by atoms with Crippen molar-refractivity contribution in [3.63, 3.8) is 0 Å². The van der Waals surface area contributed by atoms with Crippen LogP contribution in [0.15, 0.2) is 6.07 Å². The van der Waals surface area contributed by atoms with Crippen LogP contribution < -0.4 is 10.6 Å². The molecule has 0 spiro atoms. The summed E-state index contributed by atoms with van der Waals surface area (Å²) < 4.78 is 0. The molecule has 5 nitrogen and oxygen atoms in total. The number of hydrogen-bond acceptors (Lipinski definition) is 5. The average Bonchev–Trinajstić information content (AvgIpc) is 3.33. The number of aromatic nitrogens is 2. The van der Waals surface area contributed by atoms with Gasteiger partial charge in [0.25, 0.3) is 0 Å². The number of nitrogens with one attached hydrogen (secondary N) is 2. The van der Waals surface area contributed by atoms with Gasteiger partial charge in [0.15, 0.2) is 0 Å². The van der Waals surface area contributed by atoms with Gasteiger partial charge in [0.1, 0.15) is 17.5 Å². The van der Waals surface area contributed by atoms with Crippen molar-refractivity contribution in [1.82, 2.24) is 9.97 Å². The largest absolute Gasteiger partial charge is 0.388 e. The van der Waals surface area contributed by atoms with Gasteiger partial charge in [0.2, 0.25) is 0 Å². The Bertz CT molecular complexity index is 479. The molecule has 21 heavy (non-hydrogen) atoms. The normalized spacial score (nSPS) is 21.6. The zero-order valence-electron chi connectivity index (χ0n) is 12.9. The minimum Gasteiger partial charge on any atom is -0.388 e. The summed E-state index contributed by atoms with van der Waals surface area (Å²) in [6.45, 7) is 0.581. The Labute approximate surface area is 126 Å². The van der Waals surface area contributed by atoms with Crippen molar-refractivity contribution < 1.29 is 5.11 Å². The monoisotopic (exact) mass is 290 g/mol. The predicted octanol–water partition coefficient (Wildman–Crippen LogP) is 2.89. The fraction of sp³-hybridized carbons (Fsp3) is 0.750. The van der Waals surface area contributed by atoms with Gasteiger partial charge in [-0.1, -0.05) is 25.7 Å². The van der Waals surface area contributed by atoms with E-state index < -0.39 is 5.60 Å². The fourth-order valence-corrected chi connectivity index (χ4v) is 3.03. The maximum atomic E-state index is 10.7. The van der Waals surface area contributed by atoms with Crippen molar-refractivity contribution in [3.05, 3.63) is 11.9 Å². The number of aliphatic hydroxyl groups is 1. The molecule has 0 saturated heterocycles. The lowest BCUT2D eigenvalue weighted by molar-refractivity contribution is 0.0380. The van der Waals surface area contributed by atoms with Crippen LogP contribution in [0.4, 0.5) is 11.6 Å². The molecule has 0 atom stereocenters. The molecule has 1 aromatic heterocycles. The van der Waals surface area contributed by atoms with Crippen molar-refractivity contribution >= 4 is 11.6 Å². The molecule has 0 bridgehead atoms. The first-order chi connectivity index (χ1) is 10.2. The van der Waals surface area contributed by atoms with Gasteiger partial charge >= 0.3 is 0 Å². The van der Waals surface area contributed by atoms with Gasteiger partial charge in [-0.2, -0.15) is 0 Å². The van der Waals surface area contributed by atoms with Crippen molar-refractivity contribution in [2.24, 2.45) is 0 Å². The van der Waals surface area contributed by atoms with E-state index in [2.05, 4.69) is 20.6 Å². The van der Waals surface area contributed by atoms with Crippen LogP contribution in [0.25, 0.3) is 0 Å². The van der Waals surface area contributed by atoms with Crippen molar-refractivity contribution in [2.75, 3.05) is 24.2 Å². The lowest BCUT2D eigenvalue weighted by Gasteiger charge is -2.27. The molecule has 5 heteroatoms. The third-order valence-electron chi connectivity index (χ3n) is 4.57. The van der Waals surface area contributed by atoms with Crippen LogP contribution >= 0.6 is 0 Å². The van der Waals surface area contributed by atoms with E-state index in [1.54, 1.807) is 0 Å². The molecule has 0 radical (unpaired) electrons. The second-order valence-electron chi connectivity index (χ2n) is 6.51. The Morgan fingerprint density at radius 1 is 1.14 bits per heavy atom. The smallest absolute Gasteiger partial charge is 0.136 e. The Morgan fingerprint density at radius 3 is 2.43 bits per heavy atom. The quantitative estimate of drug-likeness (QED) is 0.727. The van der Waals surface area contributed by atoms with E-state index in [0.29, 0.717) is 12.5 Å². The average molecular weight is 290 g/mol. The minimum absolute atomic E-state index is 0.528. The Morgan fingerprint density at radius 2 is 1.81 bits per heavy atom. The first-order valence-electron chi connectivity index (χ1n) is 8.21. The van der Waals surface area contributed by atoms with E-state index in [9.17, 15) is 5.11 Å². The highest BCUT2D eigenvalue weighted by Gasteiger charge is 2.29. The summed E-state index contributed by atoms with van der Waals surface area (Å²) in [5.74, 6) is 3.13. The molecule has 3 N–H and O–H groups in total. The molecule has 1 aromatic rings. The van der Waals surface area contributed by atoms with E-state index in [-0.39, 0.29) is 0 Å². The molecule has 2 saturated carbocycles. The highest BCUT2D eigenvalue weighted by molar-refractivity contribution is 5.48. The summed E-state index contributed by atoms with van der Waals surface area (Å²) in [5.41, 5.74) is -0.582. The summed E-state index contributed by atoms with van der Waals surface area (Å²) in [6.07, 6.45) is 8.89. The van der Waals surface area contributed by atoms with Gasteiger partial charge in [-0.25, -0.2) is 9.97 Å². The number of rotatable bonds is 5. The number of hydrogen-bond donors (Lipinski definition) is 3. The zero-order chi connectivity index (χ0) is 14.7. The topological polar surface area (TPSA) is 70.1 Å². The molecule has 1 heterocycles. The molecule has 0 aromatic carbocycles. The van der Waals surface area contributed by atoms with Crippen LogP contribution in [0.3, 0.4) is 0 Å². The van der Waals surface area contributed by atoms with Crippen LogP contribution in [0, 0.1) is 0 Å². The van der Waals surface area contributed by atoms with Gasteiger partial charge in [0.05, 0.1) is 5.60 Å². The fourth-order valence-electron chi connectivity index (χ4n) is 3.03. The maximum Gasteiger partial charge on any atom is 0.136 e. The Hall–Kier alpha value is -1.36.